The third kappa shape index (κ3) is 10.2. The van der Waals surface area contributed by atoms with E-state index in [1.807, 2.05) is 62.4 Å². The van der Waals surface area contributed by atoms with E-state index in [0.29, 0.717) is 13.0 Å². The Labute approximate surface area is 279 Å². The normalized spacial score (nSPS) is 17.2. The summed E-state index contributed by atoms with van der Waals surface area (Å²) in [6, 6.07) is 18.2. The van der Waals surface area contributed by atoms with Crippen molar-refractivity contribution in [3.8, 4) is 0 Å². The largest absolute Gasteiger partial charge is 0.445 e. The predicted octanol–water partition coefficient (Wildman–Crippen LogP) is 2.43. The van der Waals surface area contributed by atoms with Gasteiger partial charge < -0.3 is 31.1 Å². The molecule has 4 rings (SSSR count). The number of nitrogens with one attached hydrogen (secondary N) is 4. The van der Waals surface area contributed by atoms with Crippen molar-refractivity contribution in [2.24, 2.45) is 11.8 Å². The molecular weight excluding hydrogens is 640 g/mol. The Morgan fingerprint density at radius 1 is 0.917 bits per heavy atom. The van der Waals surface area contributed by atoms with Crippen molar-refractivity contribution >= 4 is 44.7 Å². The average molecular weight is 683 g/mol. The summed E-state index contributed by atoms with van der Waals surface area (Å²) in [5.41, 5.74) is -0.911. The van der Waals surface area contributed by atoms with Gasteiger partial charge in [-0.1, -0.05) is 86.6 Å². The summed E-state index contributed by atoms with van der Waals surface area (Å²) in [5, 5.41) is 22.6. The van der Waals surface area contributed by atoms with Crippen LogP contribution in [0.4, 0.5) is 4.79 Å². The van der Waals surface area contributed by atoms with E-state index in [0.717, 1.165) is 21.9 Å². The lowest BCUT2D eigenvalue weighted by Crippen LogP contribution is -2.57. The number of amides is 4. The zero-order valence-electron chi connectivity index (χ0n) is 26.8. The highest BCUT2D eigenvalue weighted by Gasteiger charge is 2.38. The second-order valence-electron chi connectivity index (χ2n) is 12.3. The van der Waals surface area contributed by atoms with Crippen LogP contribution in [0.25, 0.3) is 10.8 Å². The molecule has 5 atom stereocenters. The maximum absolute atomic E-state index is 13.9. The smallest absolute Gasteiger partial charge is 0.408 e. The van der Waals surface area contributed by atoms with Crippen LogP contribution in [0, 0.1) is 11.8 Å². The summed E-state index contributed by atoms with van der Waals surface area (Å²) >= 11 is 0. The SMILES string of the molecule is CC(C)CC(NC(=O)C(Cc1cccc2ccccc12)NC(=O)OCc1ccccc1)C(=O)NC(CC1CCNC1=O)C(O)S(=O)(=O)O. The van der Waals surface area contributed by atoms with Crippen LogP contribution in [0.15, 0.2) is 72.8 Å². The summed E-state index contributed by atoms with van der Waals surface area (Å²) in [7, 11) is -5.02. The summed E-state index contributed by atoms with van der Waals surface area (Å²) in [5.74, 6) is -2.75. The molecule has 3 aromatic rings. The minimum Gasteiger partial charge on any atom is -0.445 e. The van der Waals surface area contributed by atoms with Crippen molar-refractivity contribution in [1.29, 1.82) is 0 Å². The van der Waals surface area contributed by atoms with Crippen molar-refractivity contribution in [2.75, 3.05) is 6.54 Å². The Bertz CT molecular complexity index is 1700. The summed E-state index contributed by atoms with van der Waals surface area (Å²) in [6.45, 7) is 3.93. The number of carbonyl (C=O) groups is 4. The first-order valence-corrected chi connectivity index (χ1v) is 17.3. The molecule has 258 valence electrons. The van der Waals surface area contributed by atoms with E-state index in [1.165, 1.54) is 0 Å². The van der Waals surface area contributed by atoms with E-state index >= 15 is 0 Å². The van der Waals surface area contributed by atoms with Gasteiger partial charge in [0, 0.05) is 18.9 Å². The standard InChI is InChI=1S/C34H42N4O9S/c1-21(2)17-27(31(40)37-29(33(42)48(44,45)46)19-25-15-16-35-30(25)39)36-32(41)28(38-34(43)47-20-22-9-4-3-5-10-22)18-24-13-8-12-23-11-6-7-14-26(23)24/h3-14,21,25,27-29,33,42H,15-20H2,1-2H3,(H,35,39)(H,36,41)(H,37,40)(H,38,43)(H,44,45,46). The Hall–Kier alpha value is -4.53. The maximum Gasteiger partial charge on any atom is 0.408 e. The number of hydrogen-bond acceptors (Lipinski definition) is 8. The van der Waals surface area contributed by atoms with Gasteiger partial charge in [0.25, 0.3) is 10.1 Å². The molecule has 0 aliphatic carbocycles. The van der Waals surface area contributed by atoms with Crippen molar-refractivity contribution < 1.29 is 42.0 Å². The zero-order valence-corrected chi connectivity index (χ0v) is 27.6. The molecule has 0 spiro atoms. The van der Waals surface area contributed by atoms with E-state index in [9.17, 15) is 37.3 Å². The molecule has 1 aliphatic rings. The lowest BCUT2D eigenvalue weighted by molar-refractivity contribution is -0.131. The van der Waals surface area contributed by atoms with Gasteiger partial charge in [-0.15, -0.1) is 0 Å². The number of ether oxygens (including phenoxy) is 1. The molecule has 0 radical (unpaired) electrons. The second-order valence-corrected chi connectivity index (χ2v) is 13.8. The highest BCUT2D eigenvalue weighted by Crippen LogP contribution is 2.22. The van der Waals surface area contributed by atoms with Gasteiger partial charge in [-0.3, -0.25) is 18.9 Å². The molecule has 0 bridgehead atoms. The fraction of sp³-hybridized carbons (Fsp3) is 0.412. The highest BCUT2D eigenvalue weighted by atomic mass is 32.2. The van der Waals surface area contributed by atoms with E-state index in [4.69, 9.17) is 4.74 Å². The van der Waals surface area contributed by atoms with Crippen LogP contribution >= 0.6 is 0 Å². The first-order chi connectivity index (χ1) is 22.8. The number of rotatable bonds is 15. The molecule has 6 N–H and O–H groups in total. The maximum atomic E-state index is 13.9. The molecule has 5 unspecified atom stereocenters. The molecular formula is C34H42N4O9S. The molecule has 1 heterocycles. The topological polar surface area (TPSA) is 200 Å². The molecule has 1 saturated heterocycles. The van der Waals surface area contributed by atoms with Gasteiger partial charge in [0.15, 0.2) is 0 Å². The van der Waals surface area contributed by atoms with E-state index < -0.39 is 57.5 Å². The van der Waals surface area contributed by atoms with Crippen LogP contribution in [0.1, 0.15) is 44.2 Å². The van der Waals surface area contributed by atoms with Crippen LogP contribution in [-0.4, -0.2) is 72.0 Å². The number of benzene rings is 3. The van der Waals surface area contributed by atoms with Gasteiger partial charge in [-0.05, 0) is 47.1 Å². The van der Waals surface area contributed by atoms with Crippen LogP contribution in [0.5, 0.6) is 0 Å². The monoisotopic (exact) mass is 682 g/mol. The number of carbonyl (C=O) groups excluding carboxylic acids is 4. The summed E-state index contributed by atoms with van der Waals surface area (Å²) in [4.78, 5) is 52.7. The third-order valence-corrected chi connectivity index (χ3v) is 9.08. The van der Waals surface area contributed by atoms with Gasteiger partial charge >= 0.3 is 6.09 Å². The van der Waals surface area contributed by atoms with Gasteiger partial charge in [0.1, 0.15) is 18.7 Å². The van der Waals surface area contributed by atoms with Gasteiger partial charge in [-0.2, -0.15) is 8.42 Å². The van der Waals surface area contributed by atoms with Gasteiger partial charge in [0.05, 0.1) is 6.04 Å². The Morgan fingerprint density at radius 2 is 1.58 bits per heavy atom. The second kappa shape index (κ2) is 16.5. The number of aliphatic hydroxyl groups excluding tert-OH is 1. The Kier molecular flexibility index (Phi) is 12.5. The van der Waals surface area contributed by atoms with Gasteiger partial charge in [-0.25, -0.2) is 4.79 Å². The van der Waals surface area contributed by atoms with Crippen molar-refractivity contribution in [3.63, 3.8) is 0 Å². The fourth-order valence-corrected chi connectivity index (χ4v) is 6.29. The molecule has 13 nitrogen and oxygen atoms in total. The van der Waals surface area contributed by atoms with Crippen LogP contribution in [0.2, 0.25) is 0 Å². The molecule has 14 heteroatoms. The van der Waals surface area contributed by atoms with E-state index in [-0.39, 0.29) is 37.7 Å². The first kappa shape index (κ1) is 36.3. The molecule has 0 aromatic heterocycles. The zero-order chi connectivity index (χ0) is 34.8. The van der Waals surface area contributed by atoms with Gasteiger partial charge in [0.2, 0.25) is 23.2 Å². The first-order valence-electron chi connectivity index (χ1n) is 15.8. The number of alkyl carbamates (subject to hydrolysis) is 1. The minimum absolute atomic E-state index is 0.0375. The third-order valence-electron chi connectivity index (χ3n) is 8.14. The molecule has 1 aliphatic heterocycles. The average Bonchev–Trinajstić information content (AvgIpc) is 3.46. The number of aliphatic hydroxyl groups is 1. The van der Waals surface area contributed by atoms with E-state index in [1.54, 1.807) is 24.3 Å². The highest BCUT2D eigenvalue weighted by molar-refractivity contribution is 7.86. The molecule has 48 heavy (non-hydrogen) atoms. The van der Waals surface area contributed by atoms with Crippen LogP contribution in [0.3, 0.4) is 0 Å². The van der Waals surface area contributed by atoms with Crippen LogP contribution < -0.4 is 21.3 Å². The lowest BCUT2D eigenvalue weighted by Gasteiger charge is -2.28. The fourth-order valence-electron chi connectivity index (χ4n) is 5.70. The molecule has 0 saturated carbocycles. The molecule has 4 amide bonds. The Balaban J connectivity index is 1.56. The van der Waals surface area contributed by atoms with E-state index in [2.05, 4.69) is 21.3 Å². The predicted molar refractivity (Wildman–Crippen MR) is 178 cm³/mol. The van der Waals surface area contributed by atoms with Crippen LogP contribution in [-0.2, 0) is 42.3 Å². The molecule has 3 aromatic carbocycles. The summed E-state index contributed by atoms with van der Waals surface area (Å²) in [6.07, 6.45) is -0.618. The van der Waals surface area contributed by atoms with Crippen molar-refractivity contribution in [2.45, 2.75) is 69.7 Å². The van der Waals surface area contributed by atoms with Crippen molar-refractivity contribution in [3.05, 3.63) is 83.9 Å². The Morgan fingerprint density at radius 3 is 2.25 bits per heavy atom. The van der Waals surface area contributed by atoms with Crippen molar-refractivity contribution in [1.82, 2.24) is 21.3 Å². The summed E-state index contributed by atoms with van der Waals surface area (Å²) < 4.78 is 38.7. The number of fused-ring (bicyclic) bond motifs is 1. The quantitative estimate of drug-likeness (QED) is 0.130. The minimum atomic E-state index is -5.02. The lowest BCUT2D eigenvalue weighted by atomic mass is 9.96. The molecule has 1 fully saturated rings. The number of hydrogen-bond donors (Lipinski definition) is 6.